The molecule has 4 nitrogen and oxygen atoms in total. The molecule has 3 aromatic carbocycles. The van der Waals surface area contributed by atoms with E-state index < -0.39 is 0 Å². The number of anilines is 2. The van der Waals surface area contributed by atoms with E-state index in [1.165, 1.54) is 6.07 Å². The number of carbonyl (C=O) groups excluding carboxylic acids is 2. The highest BCUT2D eigenvalue weighted by Gasteiger charge is 2.13. The van der Waals surface area contributed by atoms with Gasteiger partial charge in [-0.1, -0.05) is 53.5 Å². The molecule has 0 radical (unpaired) electrons. The Balaban J connectivity index is 1.77. The molecule has 26 heavy (non-hydrogen) atoms. The van der Waals surface area contributed by atoms with E-state index in [-0.39, 0.29) is 11.8 Å². The van der Waals surface area contributed by atoms with Crippen LogP contribution in [0.5, 0.6) is 0 Å². The average Bonchev–Trinajstić information content (AvgIpc) is 2.65. The topological polar surface area (TPSA) is 58.2 Å². The van der Waals surface area contributed by atoms with Gasteiger partial charge < -0.3 is 10.6 Å². The summed E-state index contributed by atoms with van der Waals surface area (Å²) in [6, 6.07) is 20.3. The number of hydrogen-bond acceptors (Lipinski definition) is 2. The number of amides is 2. The van der Waals surface area contributed by atoms with Crippen LogP contribution in [0.3, 0.4) is 0 Å². The van der Waals surface area contributed by atoms with Crippen LogP contribution < -0.4 is 10.6 Å². The standard InChI is InChI=1S/C20H14Cl2N2O2/c21-15-8-1-3-10-17(15)23-19(25)13-6-5-7-14(12-13)20(26)24-18-11-4-2-9-16(18)22/h1-12H,(H,23,25)(H,24,26). The minimum Gasteiger partial charge on any atom is -0.321 e. The maximum absolute atomic E-state index is 12.4. The molecule has 3 aromatic rings. The summed E-state index contributed by atoms with van der Waals surface area (Å²) in [4.78, 5) is 24.9. The first kappa shape index (κ1) is 18.0. The van der Waals surface area contributed by atoms with Gasteiger partial charge in [0.1, 0.15) is 0 Å². The Labute approximate surface area is 160 Å². The molecule has 0 aromatic heterocycles. The second-order valence-electron chi connectivity index (χ2n) is 5.45. The molecular weight excluding hydrogens is 371 g/mol. The Morgan fingerprint density at radius 1 is 0.615 bits per heavy atom. The number of hydrogen-bond donors (Lipinski definition) is 2. The fourth-order valence-corrected chi connectivity index (χ4v) is 2.68. The molecule has 0 saturated heterocycles. The fourth-order valence-electron chi connectivity index (χ4n) is 2.32. The van der Waals surface area contributed by atoms with Gasteiger partial charge in [0.15, 0.2) is 0 Å². The summed E-state index contributed by atoms with van der Waals surface area (Å²) >= 11 is 12.1. The van der Waals surface area contributed by atoms with Crippen molar-refractivity contribution in [2.75, 3.05) is 10.6 Å². The van der Waals surface area contributed by atoms with E-state index in [1.54, 1.807) is 66.7 Å². The predicted octanol–water partition coefficient (Wildman–Crippen LogP) is 5.50. The second-order valence-corrected chi connectivity index (χ2v) is 6.26. The molecule has 0 bridgehead atoms. The van der Waals surface area contributed by atoms with Crippen molar-refractivity contribution in [1.82, 2.24) is 0 Å². The SMILES string of the molecule is O=C(Nc1ccccc1Cl)c1cccc(C(=O)Nc2ccccc2Cl)c1. The van der Waals surface area contributed by atoms with Gasteiger partial charge in [-0.3, -0.25) is 9.59 Å². The molecule has 0 aliphatic rings. The van der Waals surface area contributed by atoms with Gasteiger partial charge in [-0.25, -0.2) is 0 Å². The van der Waals surface area contributed by atoms with Gasteiger partial charge >= 0.3 is 0 Å². The Kier molecular flexibility index (Phi) is 5.56. The van der Waals surface area contributed by atoms with Gasteiger partial charge in [-0.05, 0) is 42.5 Å². The zero-order chi connectivity index (χ0) is 18.5. The number of nitrogens with one attached hydrogen (secondary N) is 2. The summed E-state index contributed by atoms with van der Waals surface area (Å²) in [5, 5.41) is 6.33. The summed E-state index contributed by atoms with van der Waals surface area (Å²) in [5.74, 6) is -0.712. The summed E-state index contributed by atoms with van der Waals surface area (Å²) in [5.41, 5.74) is 1.70. The van der Waals surface area contributed by atoms with E-state index >= 15 is 0 Å². The first-order valence-electron chi connectivity index (χ1n) is 7.76. The van der Waals surface area contributed by atoms with Crippen LogP contribution in [0.4, 0.5) is 11.4 Å². The van der Waals surface area contributed by atoms with Crippen molar-refractivity contribution in [3.63, 3.8) is 0 Å². The van der Waals surface area contributed by atoms with Gasteiger partial charge in [0.25, 0.3) is 11.8 Å². The highest BCUT2D eigenvalue weighted by Crippen LogP contribution is 2.23. The lowest BCUT2D eigenvalue weighted by molar-refractivity contribution is 0.102. The van der Waals surface area contributed by atoms with E-state index in [0.717, 1.165) is 0 Å². The fraction of sp³-hybridized carbons (Fsp3) is 0. The molecule has 0 heterocycles. The zero-order valence-corrected chi connectivity index (χ0v) is 15.0. The lowest BCUT2D eigenvalue weighted by Crippen LogP contribution is -2.15. The van der Waals surface area contributed by atoms with Crippen LogP contribution >= 0.6 is 23.2 Å². The lowest BCUT2D eigenvalue weighted by Gasteiger charge is -2.09. The van der Waals surface area contributed by atoms with Crippen molar-refractivity contribution < 1.29 is 9.59 Å². The predicted molar refractivity (Wildman–Crippen MR) is 105 cm³/mol. The third-order valence-electron chi connectivity index (χ3n) is 3.63. The lowest BCUT2D eigenvalue weighted by atomic mass is 10.1. The second kappa shape index (κ2) is 8.04. The van der Waals surface area contributed by atoms with E-state index in [1.807, 2.05) is 0 Å². The number of halogens is 2. The molecular formula is C20H14Cl2N2O2. The number of rotatable bonds is 4. The van der Waals surface area contributed by atoms with E-state index in [9.17, 15) is 9.59 Å². The monoisotopic (exact) mass is 384 g/mol. The van der Waals surface area contributed by atoms with Crippen LogP contribution in [0.1, 0.15) is 20.7 Å². The van der Waals surface area contributed by atoms with Crippen molar-refractivity contribution in [3.05, 3.63) is 94.0 Å². The first-order valence-corrected chi connectivity index (χ1v) is 8.52. The van der Waals surface area contributed by atoms with E-state index in [2.05, 4.69) is 10.6 Å². The maximum Gasteiger partial charge on any atom is 0.255 e. The van der Waals surface area contributed by atoms with Crippen molar-refractivity contribution in [2.45, 2.75) is 0 Å². The molecule has 3 rings (SSSR count). The number of para-hydroxylation sites is 2. The van der Waals surface area contributed by atoms with Crippen molar-refractivity contribution in [3.8, 4) is 0 Å². The minimum atomic E-state index is -0.356. The van der Waals surface area contributed by atoms with Gasteiger partial charge in [0, 0.05) is 11.1 Å². The first-order chi connectivity index (χ1) is 12.5. The smallest absolute Gasteiger partial charge is 0.255 e. The largest absolute Gasteiger partial charge is 0.321 e. The van der Waals surface area contributed by atoms with Crippen LogP contribution in [0.2, 0.25) is 10.0 Å². The number of benzene rings is 3. The normalized spacial score (nSPS) is 10.2. The van der Waals surface area contributed by atoms with Crippen LogP contribution in [-0.2, 0) is 0 Å². The molecule has 0 fully saturated rings. The Bertz CT molecular complexity index is 899. The van der Waals surface area contributed by atoms with Crippen LogP contribution in [0, 0.1) is 0 Å². The van der Waals surface area contributed by atoms with Crippen molar-refractivity contribution >= 4 is 46.4 Å². The van der Waals surface area contributed by atoms with Gasteiger partial charge in [-0.2, -0.15) is 0 Å². The van der Waals surface area contributed by atoms with Crippen LogP contribution in [0.15, 0.2) is 72.8 Å². The van der Waals surface area contributed by atoms with E-state index in [4.69, 9.17) is 23.2 Å². The average molecular weight is 385 g/mol. The summed E-state index contributed by atoms with van der Waals surface area (Å²) < 4.78 is 0. The molecule has 0 spiro atoms. The molecule has 0 atom stereocenters. The number of carbonyl (C=O) groups is 2. The third-order valence-corrected chi connectivity index (χ3v) is 4.29. The molecule has 0 unspecified atom stereocenters. The molecule has 0 saturated carbocycles. The van der Waals surface area contributed by atoms with Gasteiger partial charge in [-0.15, -0.1) is 0 Å². The Morgan fingerprint density at radius 2 is 1.04 bits per heavy atom. The maximum atomic E-state index is 12.4. The summed E-state index contributed by atoms with van der Waals surface area (Å²) in [6.07, 6.45) is 0. The van der Waals surface area contributed by atoms with Crippen molar-refractivity contribution in [2.24, 2.45) is 0 Å². The zero-order valence-electron chi connectivity index (χ0n) is 13.5. The summed E-state index contributed by atoms with van der Waals surface area (Å²) in [6.45, 7) is 0. The highest BCUT2D eigenvalue weighted by molar-refractivity contribution is 6.34. The van der Waals surface area contributed by atoms with Crippen LogP contribution in [0.25, 0.3) is 0 Å². The summed E-state index contributed by atoms with van der Waals surface area (Å²) in [7, 11) is 0. The van der Waals surface area contributed by atoms with E-state index in [0.29, 0.717) is 32.5 Å². The van der Waals surface area contributed by atoms with Gasteiger partial charge in [0.2, 0.25) is 0 Å². The molecule has 0 aliphatic heterocycles. The van der Waals surface area contributed by atoms with Crippen molar-refractivity contribution in [1.29, 1.82) is 0 Å². The quantitative estimate of drug-likeness (QED) is 0.623. The van der Waals surface area contributed by atoms with Gasteiger partial charge in [0.05, 0.1) is 21.4 Å². The Hall–Kier alpha value is -2.82. The molecule has 2 N–H and O–H groups in total. The highest BCUT2D eigenvalue weighted by atomic mass is 35.5. The molecule has 6 heteroatoms. The van der Waals surface area contributed by atoms with Crippen LogP contribution in [-0.4, -0.2) is 11.8 Å². The Morgan fingerprint density at radius 3 is 1.46 bits per heavy atom. The minimum absolute atomic E-state index is 0.344. The third kappa shape index (κ3) is 4.23. The molecule has 130 valence electrons. The molecule has 0 aliphatic carbocycles. The molecule has 2 amide bonds.